The Labute approximate surface area is 205 Å². The highest BCUT2D eigenvalue weighted by molar-refractivity contribution is 6.16. The Morgan fingerprint density at radius 2 is 1.62 bits per heavy atom. The van der Waals surface area contributed by atoms with E-state index in [1.165, 1.54) is 12.7 Å². The van der Waals surface area contributed by atoms with Crippen LogP contribution in [0.25, 0.3) is 5.57 Å². The van der Waals surface area contributed by atoms with E-state index in [1.807, 2.05) is 71.1 Å². The molecule has 0 fully saturated rings. The standard InChI is InChI=1S/C22H25N3O.C2H4O2.2C2H6/c1-15-18-7-5-6-8-20(18)24-13-19(15)21(26)25-17-11-9-16(10-12-17)22(2,3)14-23-4;1-4-2-3;2*1-2/h5-13,23-24H,1,14H2,2-4H3,(H,25,26);2H,1H3;2*1-2H3. The third-order valence-electron chi connectivity index (χ3n) is 4.83. The van der Waals surface area contributed by atoms with Gasteiger partial charge in [0.2, 0.25) is 0 Å². The molecule has 1 amide bonds. The summed E-state index contributed by atoms with van der Waals surface area (Å²) in [6.45, 7) is 17.7. The zero-order chi connectivity index (χ0) is 26.1. The van der Waals surface area contributed by atoms with Crippen LogP contribution in [0.5, 0.6) is 0 Å². The molecule has 0 radical (unpaired) electrons. The minimum atomic E-state index is -0.167. The number of anilines is 2. The van der Waals surface area contributed by atoms with Crippen molar-refractivity contribution in [1.82, 2.24) is 5.32 Å². The Kier molecular flexibility index (Phi) is 14.6. The van der Waals surface area contributed by atoms with Crippen LogP contribution in [0, 0.1) is 0 Å². The number of carbonyl (C=O) groups excluding carboxylic acids is 2. The van der Waals surface area contributed by atoms with Gasteiger partial charge in [-0.15, -0.1) is 0 Å². The molecule has 0 atom stereocenters. The molecule has 3 N–H and O–H groups in total. The van der Waals surface area contributed by atoms with Crippen LogP contribution in [-0.4, -0.2) is 33.1 Å². The number of para-hydroxylation sites is 1. The normalized spacial score (nSPS) is 11.3. The fourth-order valence-corrected chi connectivity index (χ4v) is 3.20. The molecule has 0 saturated carbocycles. The SMILES string of the molecule is C=C1C(C(=O)Nc2ccc(C(C)(C)CNC)cc2)=CNc2ccccc21.CC.CC.COC=O. The van der Waals surface area contributed by atoms with Crippen molar-refractivity contribution in [2.75, 3.05) is 31.3 Å². The fourth-order valence-electron chi connectivity index (χ4n) is 3.20. The minimum Gasteiger partial charge on any atom is -0.471 e. The third kappa shape index (κ3) is 8.87. The van der Waals surface area contributed by atoms with Gasteiger partial charge in [0.1, 0.15) is 0 Å². The van der Waals surface area contributed by atoms with Crippen molar-refractivity contribution in [3.63, 3.8) is 0 Å². The van der Waals surface area contributed by atoms with E-state index in [-0.39, 0.29) is 11.3 Å². The second kappa shape index (κ2) is 16.3. The predicted molar refractivity (Wildman–Crippen MR) is 145 cm³/mol. The summed E-state index contributed by atoms with van der Waals surface area (Å²) < 4.78 is 3.86. The maximum atomic E-state index is 12.7. The molecule has 6 heteroatoms. The number of rotatable bonds is 6. The summed E-state index contributed by atoms with van der Waals surface area (Å²) in [4.78, 5) is 21.6. The number of carbonyl (C=O) groups is 2. The average molecular weight is 468 g/mol. The van der Waals surface area contributed by atoms with Crippen LogP contribution in [-0.2, 0) is 19.7 Å². The van der Waals surface area contributed by atoms with Gasteiger partial charge in [0.25, 0.3) is 12.4 Å². The topological polar surface area (TPSA) is 79.5 Å². The van der Waals surface area contributed by atoms with Crippen LogP contribution in [0.3, 0.4) is 0 Å². The van der Waals surface area contributed by atoms with Crippen LogP contribution in [0.4, 0.5) is 11.4 Å². The first-order valence-corrected chi connectivity index (χ1v) is 11.6. The minimum absolute atomic E-state index is 0.0328. The lowest BCUT2D eigenvalue weighted by molar-refractivity contribution is -0.126. The van der Waals surface area contributed by atoms with E-state index in [9.17, 15) is 4.79 Å². The van der Waals surface area contributed by atoms with Gasteiger partial charge < -0.3 is 20.7 Å². The van der Waals surface area contributed by atoms with E-state index >= 15 is 0 Å². The summed E-state index contributed by atoms with van der Waals surface area (Å²) in [5, 5.41) is 9.34. The fraction of sp³-hybridized carbons (Fsp3) is 0.357. The molecule has 6 nitrogen and oxygen atoms in total. The van der Waals surface area contributed by atoms with Crippen molar-refractivity contribution in [3.8, 4) is 0 Å². The van der Waals surface area contributed by atoms with E-state index in [2.05, 4.69) is 53.2 Å². The quantitative estimate of drug-likeness (QED) is 0.455. The van der Waals surface area contributed by atoms with E-state index < -0.39 is 0 Å². The molecule has 34 heavy (non-hydrogen) atoms. The Morgan fingerprint density at radius 3 is 2.15 bits per heavy atom. The summed E-state index contributed by atoms with van der Waals surface area (Å²) in [6.07, 6.45) is 1.71. The van der Waals surface area contributed by atoms with E-state index in [0.29, 0.717) is 12.0 Å². The number of amides is 1. The highest BCUT2D eigenvalue weighted by Gasteiger charge is 2.22. The molecule has 2 aromatic rings. The lowest BCUT2D eigenvalue weighted by Crippen LogP contribution is -2.30. The van der Waals surface area contributed by atoms with Crippen molar-refractivity contribution < 1.29 is 14.3 Å². The van der Waals surface area contributed by atoms with E-state index in [1.54, 1.807) is 6.20 Å². The van der Waals surface area contributed by atoms with Crippen LogP contribution in [0.15, 0.2) is 66.9 Å². The number of nitrogens with one attached hydrogen (secondary N) is 3. The molecule has 1 aliphatic heterocycles. The molecule has 1 aliphatic rings. The van der Waals surface area contributed by atoms with Crippen molar-refractivity contribution in [1.29, 1.82) is 0 Å². The number of ether oxygens (including phenoxy) is 1. The molecular weight excluding hydrogens is 426 g/mol. The predicted octanol–water partition coefficient (Wildman–Crippen LogP) is 5.99. The van der Waals surface area contributed by atoms with E-state index in [4.69, 9.17) is 4.79 Å². The lowest BCUT2D eigenvalue weighted by Gasteiger charge is -2.25. The number of likely N-dealkylation sites (N-methyl/N-ethyl adjacent to an activating group) is 1. The first-order chi connectivity index (χ1) is 16.3. The van der Waals surface area contributed by atoms with Crippen LogP contribution in [0.1, 0.15) is 52.7 Å². The summed E-state index contributed by atoms with van der Waals surface area (Å²) in [6, 6.07) is 15.8. The monoisotopic (exact) mass is 467 g/mol. The zero-order valence-electron chi connectivity index (χ0n) is 21.9. The molecule has 0 aromatic heterocycles. The molecule has 3 rings (SSSR count). The van der Waals surface area contributed by atoms with Gasteiger partial charge in [-0.2, -0.15) is 0 Å². The molecular formula is C28H41N3O3. The number of methoxy groups -OCH3 is 1. The summed E-state index contributed by atoms with van der Waals surface area (Å²) in [5.74, 6) is -0.167. The van der Waals surface area contributed by atoms with E-state index in [0.717, 1.165) is 29.1 Å². The zero-order valence-corrected chi connectivity index (χ0v) is 21.9. The van der Waals surface area contributed by atoms with Crippen molar-refractivity contribution in [3.05, 3.63) is 78.0 Å². The van der Waals surface area contributed by atoms with Crippen molar-refractivity contribution >= 4 is 29.3 Å². The largest absolute Gasteiger partial charge is 0.471 e. The Balaban J connectivity index is 0.00000121. The highest BCUT2D eigenvalue weighted by atomic mass is 16.5. The molecule has 0 aliphatic carbocycles. The van der Waals surface area contributed by atoms with Gasteiger partial charge in [-0.25, -0.2) is 0 Å². The Hall–Kier alpha value is -3.38. The molecule has 2 aromatic carbocycles. The summed E-state index contributed by atoms with van der Waals surface area (Å²) >= 11 is 0. The van der Waals surface area contributed by atoms with Gasteiger partial charge >= 0.3 is 0 Å². The average Bonchev–Trinajstić information content (AvgIpc) is 2.87. The number of hydrogen-bond acceptors (Lipinski definition) is 5. The lowest BCUT2D eigenvalue weighted by atomic mass is 9.84. The molecule has 0 bridgehead atoms. The highest BCUT2D eigenvalue weighted by Crippen LogP contribution is 2.32. The van der Waals surface area contributed by atoms with Gasteiger partial charge in [-0.05, 0) is 36.4 Å². The van der Waals surface area contributed by atoms with Crippen LogP contribution < -0.4 is 16.0 Å². The molecule has 186 valence electrons. The molecule has 0 unspecified atom stereocenters. The first-order valence-electron chi connectivity index (χ1n) is 11.6. The summed E-state index contributed by atoms with van der Waals surface area (Å²) in [5.41, 5.74) is 5.21. The second-order valence-electron chi connectivity index (χ2n) is 7.50. The number of benzene rings is 2. The third-order valence-corrected chi connectivity index (χ3v) is 4.83. The maximum absolute atomic E-state index is 12.7. The van der Waals surface area contributed by atoms with Crippen molar-refractivity contribution in [2.24, 2.45) is 0 Å². The van der Waals surface area contributed by atoms with Gasteiger partial charge in [-0.3, -0.25) is 9.59 Å². The Bertz CT molecular complexity index is 932. The van der Waals surface area contributed by atoms with Gasteiger partial charge in [0.15, 0.2) is 0 Å². The van der Waals surface area contributed by atoms with Gasteiger partial charge in [0.05, 0.1) is 12.7 Å². The summed E-state index contributed by atoms with van der Waals surface area (Å²) in [7, 11) is 3.26. The molecule has 0 spiro atoms. The number of hydrogen-bond donors (Lipinski definition) is 3. The first kappa shape index (κ1) is 30.6. The van der Waals surface area contributed by atoms with Gasteiger partial charge in [0, 0.05) is 35.1 Å². The maximum Gasteiger partial charge on any atom is 0.292 e. The second-order valence-corrected chi connectivity index (χ2v) is 7.50. The van der Waals surface area contributed by atoms with Crippen LogP contribution >= 0.6 is 0 Å². The Morgan fingerprint density at radius 1 is 1.06 bits per heavy atom. The smallest absolute Gasteiger partial charge is 0.292 e. The molecule has 0 saturated heterocycles. The number of fused-ring (bicyclic) bond motifs is 1. The molecule has 1 heterocycles. The van der Waals surface area contributed by atoms with Gasteiger partial charge in [-0.1, -0.05) is 78.5 Å². The van der Waals surface area contributed by atoms with Crippen molar-refractivity contribution in [2.45, 2.75) is 47.0 Å². The van der Waals surface area contributed by atoms with Crippen LogP contribution in [0.2, 0.25) is 0 Å².